The highest BCUT2D eigenvalue weighted by atomic mass is 19.1. The van der Waals surface area contributed by atoms with Gasteiger partial charge in [0, 0.05) is 107 Å². The maximum atomic E-state index is 15.3. The van der Waals surface area contributed by atoms with Crippen LogP contribution in [0.5, 0.6) is 0 Å². The van der Waals surface area contributed by atoms with Gasteiger partial charge in [0.05, 0.1) is 24.1 Å². The van der Waals surface area contributed by atoms with E-state index in [2.05, 4.69) is 19.8 Å². The number of fused-ring (bicyclic) bond motifs is 1. The Hall–Kier alpha value is -5.05. The zero-order valence-electron chi connectivity index (χ0n) is 29.7. The van der Waals surface area contributed by atoms with Gasteiger partial charge < -0.3 is 23.7 Å². The Labute approximate surface area is 303 Å². The highest BCUT2D eigenvalue weighted by Gasteiger charge is 2.26. The molecule has 5 aromatic rings. The largest absolute Gasteiger partial charge is 0.375 e. The van der Waals surface area contributed by atoms with Crippen LogP contribution in [-0.4, -0.2) is 84.9 Å². The fourth-order valence-electron chi connectivity index (χ4n) is 7.50. The fourth-order valence-corrected chi connectivity index (χ4v) is 7.50. The quantitative estimate of drug-likeness (QED) is 0.220. The summed E-state index contributed by atoms with van der Waals surface area (Å²) in [6.45, 7) is 5.22. The fraction of sp³-hybridized carbons (Fsp3) is 0.410. The van der Waals surface area contributed by atoms with Crippen LogP contribution in [0.3, 0.4) is 0 Å². The van der Waals surface area contributed by atoms with Crippen molar-refractivity contribution in [2.45, 2.75) is 57.4 Å². The number of H-pyrrole nitrogens is 1. The number of aryl methyl sites for hydroxylation is 1. The van der Waals surface area contributed by atoms with E-state index >= 15 is 8.78 Å². The second-order valence-corrected chi connectivity index (χ2v) is 14.0. The lowest BCUT2D eigenvalue weighted by Gasteiger charge is -2.37. The topological polar surface area (TPSA) is 127 Å². The average molecular weight is 728 g/mol. The molecule has 0 unspecified atom stereocenters. The van der Waals surface area contributed by atoms with Gasteiger partial charge in [-0.05, 0) is 67.3 Å². The molecule has 4 aromatic heterocycles. The molecule has 1 aromatic carbocycles. The minimum absolute atomic E-state index is 0.0647. The Morgan fingerprint density at radius 1 is 0.811 bits per heavy atom. The second kappa shape index (κ2) is 15.9. The molecule has 0 bridgehead atoms. The Bertz CT molecular complexity index is 2310. The molecule has 0 spiro atoms. The van der Waals surface area contributed by atoms with Gasteiger partial charge in [0.15, 0.2) is 0 Å². The third-order valence-corrected chi connectivity index (χ3v) is 10.6. The number of rotatable bonds is 11. The van der Waals surface area contributed by atoms with E-state index in [1.54, 1.807) is 48.4 Å². The molecule has 14 heteroatoms. The monoisotopic (exact) mass is 727 g/mol. The van der Waals surface area contributed by atoms with E-state index in [1.807, 2.05) is 0 Å². The molecule has 0 atom stereocenters. The van der Waals surface area contributed by atoms with E-state index in [1.165, 1.54) is 39.7 Å². The van der Waals surface area contributed by atoms with Crippen LogP contribution in [0.15, 0.2) is 86.6 Å². The molecule has 6 heterocycles. The first-order chi connectivity index (χ1) is 25.6. The van der Waals surface area contributed by atoms with Gasteiger partial charge in [0.1, 0.15) is 11.6 Å². The van der Waals surface area contributed by atoms with Gasteiger partial charge in [0.2, 0.25) is 0 Å². The van der Waals surface area contributed by atoms with E-state index < -0.39 is 22.9 Å². The zero-order chi connectivity index (χ0) is 37.1. The van der Waals surface area contributed by atoms with Gasteiger partial charge in [-0.1, -0.05) is 6.07 Å². The summed E-state index contributed by atoms with van der Waals surface area (Å²) in [7, 11) is 1.61. The van der Waals surface area contributed by atoms with E-state index in [9.17, 15) is 19.2 Å². The number of aromatic nitrogens is 5. The normalized spacial score (nSPS) is 16.4. The molecule has 2 fully saturated rings. The summed E-state index contributed by atoms with van der Waals surface area (Å²) < 4.78 is 41.6. The van der Waals surface area contributed by atoms with Crippen LogP contribution in [-0.2, 0) is 31.3 Å². The molecule has 1 N–H and O–H groups in total. The summed E-state index contributed by atoms with van der Waals surface area (Å²) in [5, 5.41) is 0.995. The molecular weight excluding hydrogens is 684 g/mol. The Morgan fingerprint density at radius 3 is 2.17 bits per heavy atom. The standard InChI is InChI=1S/C39H43F2N7O5/c1-44-25-33(30-4-11-42-23-32(30)38(44)51)27-21-34(40)31(35(41)22-27)9-17-45-13-5-28(6-14-45)53-29-7-15-46(16-8-29)19-20-47-12-2-3-26(37(47)50)24-48-18-10-36(49)43-39(48)52/h2-4,10-12,18,21-23,25,28-29H,5-9,13-17,19-20,24H2,1H3,(H,43,49,52). The first kappa shape index (κ1) is 36.3. The lowest BCUT2D eigenvalue weighted by molar-refractivity contribution is -0.0650. The van der Waals surface area contributed by atoms with E-state index in [-0.39, 0.29) is 41.9 Å². The van der Waals surface area contributed by atoms with Crippen molar-refractivity contribution in [3.8, 4) is 11.1 Å². The van der Waals surface area contributed by atoms with Crippen LogP contribution in [0.1, 0.15) is 36.8 Å². The number of likely N-dealkylation sites (tertiary alicyclic amines) is 2. The molecule has 12 nitrogen and oxygen atoms in total. The van der Waals surface area contributed by atoms with Gasteiger partial charge >= 0.3 is 5.69 Å². The summed E-state index contributed by atoms with van der Waals surface area (Å²) >= 11 is 0. The highest BCUT2D eigenvalue weighted by Crippen LogP contribution is 2.30. The van der Waals surface area contributed by atoms with Crippen LogP contribution in [0.2, 0.25) is 0 Å². The maximum absolute atomic E-state index is 15.3. The van der Waals surface area contributed by atoms with Crippen molar-refractivity contribution in [1.82, 2.24) is 33.5 Å². The van der Waals surface area contributed by atoms with Crippen molar-refractivity contribution >= 4 is 10.8 Å². The summed E-state index contributed by atoms with van der Waals surface area (Å²) in [5.41, 5.74) is 0.0726. The van der Waals surface area contributed by atoms with Crippen LogP contribution in [0, 0.1) is 11.6 Å². The SMILES string of the molecule is Cn1cc(-c2cc(F)c(CCN3CCC(OC4CCN(CCn5cccc(Cn6ccc(=O)[nH]c6=O)c5=O)CC4)CC3)c(F)c2)c2ccncc2c1=O. The Morgan fingerprint density at radius 2 is 1.49 bits per heavy atom. The molecule has 2 saturated heterocycles. The van der Waals surface area contributed by atoms with Gasteiger partial charge in [-0.3, -0.25) is 28.9 Å². The second-order valence-electron chi connectivity index (χ2n) is 14.0. The van der Waals surface area contributed by atoms with Crippen LogP contribution < -0.4 is 22.4 Å². The molecule has 2 aliphatic rings. The lowest BCUT2D eigenvalue weighted by Crippen LogP contribution is -2.43. The Balaban J connectivity index is 0.852. The number of benzene rings is 1. The molecule has 2 aliphatic heterocycles. The van der Waals surface area contributed by atoms with Crippen molar-refractivity contribution in [3.05, 3.63) is 132 Å². The van der Waals surface area contributed by atoms with Crippen LogP contribution >= 0.6 is 0 Å². The number of hydrogen-bond donors (Lipinski definition) is 1. The lowest BCUT2D eigenvalue weighted by atomic mass is 9.98. The predicted molar refractivity (Wildman–Crippen MR) is 197 cm³/mol. The summed E-state index contributed by atoms with van der Waals surface area (Å²) in [4.78, 5) is 59.9. The van der Waals surface area contributed by atoms with Gasteiger partial charge in [-0.2, -0.15) is 0 Å². The summed E-state index contributed by atoms with van der Waals surface area (Å²) in [5.74, 6) is -1.19. The number of pyridine rings is 3. The number of hydrogen-bond acceptors (Lipinski definition) is 8. The molecule has 278 valence electrons. The number of aromatic amines is 1. The van der Waals surface area contributed by atoms with Crippen molar-refractivity contribution in [2.75, 3.05) is 39.3 Å². The summed E-state index contributed by atoms with van der Waals surface area (Å²) in [6.07, 6.45) is 11.9. The third kappa shape index (κ3) is 8.29. The first-order valence-electron chi connectivity index (χ1n) is 18.1. The van der Waals surface area contributed by atoms with Gasteiger partial charge in [0.25, 0.3) is 16.7 Å². The minimum atomic E-state index is -0.596. The van der Waals surface area contributed by atoms with Crippen molar-refractivity contribution in [2.24, 2.45) is 7.05 Å². The van der Waals surface area contributed by atoms with Gasteiger partial charge in [-0.15, -0.1) is 0 Å². The van der Waals surface area contributed by atoms with Crippen LogP contribution in [0.25, 0.3) is 21.9 Å². The van der Waals surface area contributed by atoms with E-state index in [0.717, 1.165) is 58.4 Å². The smallest absolute Gasteiger partial charge is 0.328 e. The number of halogens is 2. The predicted octanol–water partition coefficient (Wildman–Crippen LogP) is 3.13. The number of nitrogens with zero attached hydrogens (tertiary/aromatic N) is 6. The molecule has 0 aliphatic carbocycles. The number of piperidine rings is 2. The molecule has 7 rings (SSSR count). The summed E-state index contributed by atoms with van der Waals surface area (Å²) in [6, 6.07) is 9.14. The average Bonchev–Trinajstić information content (AvgIpc) is 3.15. The molecular formula is C39H43F2N7O5. The zero-order valence-corrected chi connectivity index (χ0v) is 29.7. The molecule has 0 radical (unpaired) electrons. The van der Waals surface area contributed by atoms with E-state index in [0.29, 0.717) is 40.6 Å². The van der Waals surface area contributed by atoms with E-state index in [4.69, 9.17) is 4.74 Å². The molecule has 53 heavy (non-hydrogen) atoms. The highest BCUT2D eigenvalue weighted by molar-refractivity contribution is 5.95. The molecule has 0 saturated carbocycles. The van der Waals surface area contributed by atoms with Crippen LogP contribution in [0.4, 0.5) is 8.78 Å². The van der Waals surface area contributed by atoms with Gasteiger partial charge in [-0.25, -0.2) is 13.6 Å². The first-order valence-corrected chi connectivity index (χ1v) is 18.1. The van der Waals surface area contributed by atoms with Crippen molar-refractivity contribution in [3.63, 3.8) is 0 Å². The third-order valence-electron chi connectivity index (χ3n) is 10.6. The molecule has 0 amide bonds. The Kier molecular flexibility index (Phi) is 10.9. The maximum Gasteiger partial charge on any atom is 0.328 e. The van der Waals surface area contributed by atoms with Crippen molar-refractivity contribution < 1.29 is 13.5 Å². The minimum Gasteiger partial charge on any atom is -0.375 e. The number of nitrogens with one attached hydrogen (secondary N) is 1. The number of ether oxygens (including phenoxy) is 1. The van der Waals surface area contributed by atoms with Crippen molar-refractivity contribution in [1.29, 1.82) is 0 Å².